The molecule has 2 aromatic heterocycles. The Morgan fingerprint density at radius 1 is 1.64 bits per heavy atom. The fraction of sp³-hybridized carbons (Fsp3) is 0. The molecular formula is C7H2ClFN4S. The van der Waals surface area contributed by atoms with Gasteiger partial charge in [-0.05, 0) is 11.6 Å². The standard InChI is InChI=1S/C7H2ClFN4S/c8-7-11-2-3(1-10)5-12-4(9)6(14)13(5)7/h2,14H. The topological polar surface area (TPSA) is 54.0 Å². The summed E-state index contributed by atoms with van der Waals surface area (Å²) in [6.07, 6.45) is 1.23. The molecule has 0 amide bonds. The Balaban J connectivity index is 3.00. The molecule has 14 heavy (non-hydrogen) atoms. The number of hydrogen-bond donors (Lipinski definition) is 1. The van der Waals surface area contributed by atoms with Crippen LogP contribution in [0.2, 0.25) is 5.28 Å². The van der Waals surface area contributed by atoms with E-state index in [1.54, 1.807) is 0 Å². The Labute approximate surface area is 88.4 Å². The van der Waals surface area contributed by atoms with E-state index >= 15 is 0 Å². The molecule has 70 valence electrons. The molecule has 0 saturated carbocycles. The van der Waals surface area contributed by atoms with E-state index in [2.05, 4.69) is 22.6 Å². The average molecular weight is 229 g/mol. The maximum absolute atomic E-state index is 13.0. The number of nitriles is 1. The third-order valence-electron chi connectivity index (χ3n) is 1.66. The predicted octanol–water partition coefficient (Wildman–Crippen LogP) is 1.68. The van der Waals surface area contributed by atoms with Gasteiger partial charge in [0.25, 0.3) is 0 Å². The Morgan fingerprint density at radius 3 is 3.00 bits per heavy atom. The summed E-state index contributed by atoms with van der Waals surface area (Å²) in [5.74, 6) is -0.778. The van der Waals surface area contributed by atoms with Crippen LogP contribution in [0.15, 0.2) is 11.2 Å². The maximum atomic E-state index is 13.0. The highest BCUT2D eigenvalue weighted by Crippen LogP contribution is 2.21. The summed E-state index contributed by atoms with van der Waals surface area (Å²) in [7, 11) is 0. The van der Waals surface area contributed by atoms with E-state index in [4.69, 9.17) is 16.9 Å². The second kappa shape index (κ2) is 3.12. The molecule has 0 atom stereocenters. The number of nitrogens with zero attached hydrogens (tertiary/aromatic N) is 4. The highest BCUT2D eigenvalue weighted by molar-refractivity contribution is 7.80. The summed E-state index contributed by atoms with van der Waals surface area (Å²) >= 11 is 9.55. The molecule has 0 saturated heterocycles. The molecule has 4 nitrogen and oxygen atoms in total. The van der Waals surface area contributed by atoms with Crippen molar-refractivity contribution in [1.82, 2.24) is 14.4 Å². The van der Waals surface area contributed by atoms with Crippen LogP contribution >= 0.6 is 24.2 Å². The highest BCUT2D eigenvalue weighted by atomic mass is 35.5. The molecule has 0 radical (unpaired) electrons. The molecule has 7 heteroatoms. The Bertz CT molecular complexity index is 559. The number of fused-ring (bicyclic) bond motifs is 1. The Kier molecular flexibility index (Phi) is 2.06. The van der Waals surface area contributed by atoms with Crippen LogP contribution in [0, 0.1) is 17.3 Å². The molecule has 0 N–H and O–H groups in total. The lowest BCUT2D eigenvalue weighted by Gasteiger charge is -1.98. The van der Waals surface area contributed by atoms with Crippen LogP contribution in [0.1, 0.15) is 5.56 Å². The highest BCUT2D eigenvalue weighted by Gasteiger charge is 2.14. The minimum absolute atomic E-state index is 0.0143. The molecule has 0 spiro atoms. The number of aromatic nitrogens is 3. The number of thiol groups is 1. The van der Waals surface area contributed by atoms with Crippen LogP contribution in [0.25, 0.3) is 5.65 Å². The van der Waals surface area contributed by atoms with Crippen LogP contribution < -0.4 is 0 Å². The lowest BCUT2D eigenvalue weighted by Crippen LogP contribution is -1.94. The zero-order valence-electron chi connectivity index (χ0n) is 6.57. The van der Waals surface area contributed by atoms with E-state index in [0.717, 1.165) is 0 Å². The van der Waals surface area contributed by atoms with Crippen molar-refractivity contribution in [3.05, 3.63) is 23.0 Å². The molecule has 0 aromatic carbocycles. The van der Waals surface area contributed by atoms with E-state index in [1.165, 1.54) is 10.6 Å². The third-order valence-corrected chi connectivity index (χ3v) is 2.31. The van der Waals surface area contributed by atoms with Crippen LogP contribution in [-0.2, 0) is 0 Å². The first-order valence-electron chi connectivity index (χ1n) is 3.46. The van der Waals surface area contributed by atoms with Gasteiger partial charge in [-0.25, -0.2) is 4.98 Å². The molecule has 0 unspecified atom stereocenters. The van der Waals surface area contributed by atoms with Gasteiger partial charge in [0.1, 0.15) is 16.7 Å². The minimum atomic E-state index is -0.778. The van der Waals surface area contributed by atoms with Gasteiger partial charge in [-0.3, -0.25) is 4.40 Å². The lowest BCUT2D eigenvalue weighted by atomic mass is 10.4. The fourth-order valence-electron chi connectivity index (χ4n) is 1.05. The van der Waals surface area contributed by atoms with Gasteiger partial charge in [0.15, 0.2) is 5.65 Å². The van der Waals surface area contributed by atoms with Gasteiger partial charge in [0.2, 0.25) is 11.2 Å². The van der Waals surface area contributed by atoms with Gasteiger partial charge in [-0.1, -0.05) is 0 Å². The molecule has 0 aliphatic carbocycles. The van der Waals surface area contributed by atoms with E-state index < -0.39 is 5.95 Å². The van der Waals surface area contributed by atoms with Crippen molar-refractivity contribution in [1.29, 1.82) is 5.26 Å². The van der Waals surface area contributed by atoms with Gasteiger partial charge in [-0.15, -0.1) is 12.6 Å². The molecule has 0 aliphatic heterocycles. The zero-order chi connectivity index (χ0) is 10.3. The first-order valence-corrected chi connectivity index (χ1v) is 4.29. The van der Waals surface area contributed by atoms with Crippen LogP contribution in [0.4, 0.5) is 4.39 Å². The van der Waals surface area contributed by atoms with E-state index in [1.807, 2.05) is 6.07 Å². The van der Waals surface area contributed by atoms with Crippen molar-refractivity contribution in [3.8, 4) is 6.07 Å². The van der Waals surface area contributed by atoms with E-state index in [0.29, 0.717) is 0 Å². The quantitative estimate of drug-likeness (QED) is 0.551. The summed E-state index contributed by atoms with van der Waals surface area (Å²) in [6, 6.07) is 1.83. The largest absolute Gasteiger partial charge is 0.258 e. The van der Waals surface area contributed by atoms with Crippen molar-refractivity contribution in [2.45, 2.75) is 5.03 Å². The molecule has 0 aliphatic rings. The summed E-state index contributed by atoms with van der Waals surface area (Å²) in [5, 5.41) is 8.65. The third kappa shape index (κ3) is 1.14. The second-order valence-corrected chi connectivity index (χ2v) is 3.20. The Hall–Kier alpha value is -1.32. The SMILES string of the molecule is N#Cc1cnc(Cl)n2c(S)c(F)nc12. The summed E-state index contributed by atoms with van der Waals surface area (Å²) in [6.45, 7) is 0. The normalized spacial score (nSPS) is 10.4. The Morgan fingerprint density at radius 2 is 2.36 bits per heavy atom. The first kappa shape index (κ1) is 9.24. The van der Waals surface area contributed by atoms with Gasteiger partial charge < -0.3 is 0 Å². The smallest absolute Gasteiger partial charge is 0.245 e. The monoisotopic (exact) mass is 228 g/mol. The summed E-state index contributed by atoms with van der Waals surface area (Å²) in [4.78, 5) is 7.22. The minimum Gasteiger partial charge on any atom is -0.258 e. The number of rotatable bonds is 0. The summed E-state index contributed by atoms with van der Waals surface area (Å²) < 4.78 is 14.2. The van der Waals surface area contributed by atoms with E-state index in [-0.39, 0.29) is 21.5 Å². The van der Waals surface area contributed by atoms with Crippen molar-refractivity contribution in [2.75, 3.05) is 0 Å². The van der Waals surface area contributed by atoms with Crippen molar-refractivity contribution in [2.24, 2.45) is 0 Å². The lowest BCUT2D eigenvalue weighted by molar-refractivity contribution is 0.562. The second-order valence-electron chi connectivity index (χ2n) is 2.44. The van der Waals surface area contributed by atoms with Crippen LogP contribution in [0.5, 0.6) is 0 Å². The van der Waals surface area contributed by atoms with Crippen LogP contribution in [-0.4, -0.2) is 14.4 Å². The van der Waals surface area contributed by atoms with Crippen molar-refractivity contribution < 1.29 is 4.39 Å². The number of halogens is 2. The molecule has 2 heterocycles. The van der Waals surface area contributed by atoms with E-state index in [9.17, 15) is 4.39 Å². The summed E-state index contributed by atoms with van der Waals surface area (Å²) in [5.41, 5.74) is 0.267. The van der Waals surface area contributed by atoms with Gasteiger partial charge in [0, 0.05) is 0 Å². The van der Waals surface area contributed by atoms with Gasteiger partial charge in [0.05, 0.1) is 6.20 Å². The van der Waals surface area contributed by atoms with Crippen molar-refractivity contribution >= 4 is 29.9 Å². The molecular weight excluding hydrogens is 227 g/mol. The molecule has 2 rings (SSSR count). The molecule has 0 fully saturated rings. The zero-order valence-corrected chi connectivity index (χ0v) is 8.22. The van der Waals surface area contributed by atoms with Gasteiger partial charge >= 0.3 is 0 Å². The fourth-order valence-corrected chi connectivity index (χ4v) is 1.56. The predicted molar refractivity (Wildman–Crippen MR) is 49.9 cm³/mol. The average Bonchev–Trinajstić information content (AvgIpc) is 2.45. The van der Waals surface area contributed by atoms with Gasteiger partial charge in [-0.2, -0.15) is 14.6 Å². The first-order chi connectivity index (χ1) is 6.65. The molecule has 2 aromatic rings. The molecule has 0 bridgehead atoms. The number of hydrogen-bond acceptors (Lipinski definition) is 4. The van der Waals surface area contributed by atoms with Crippen molar-refractivity contribution in [3.63, 3.8) is 0 Å². The number of imidazole rings is 1. The van der Waals surface area contributed by atoms with Crippen LogP contribution in [0.3, 0.4) is 0 Å². The maximum Gasteiger partial charge on any atom is 0.245 e.